The van der Waals surface area contributed by atoms with Gasteiger partial charge in [-0.1, -0.05) is 43.3 Å². The van der Waals surface area contributed by atoms with Gasteiger partial charge >= 0.3 is 12.3 Å². The fourth-order valence-electron chi connectivity index (χ4n) is 4.46. The zero-order valence-electron chi connectivity index (χ0n) is 19.6. The van der Waals surface area contributed by atoms with Crippen molar-refractivity contribution in [3.05, 3.63) is 82.9 Å². The summed E-state index contributed by atoms with van der Waals surface area (Å²) in [5, 5.41) is 9.90. The minimum atomic E-state index is -4.62. The molecular formula is C27H25F3N2O3. The lowest BCUT2D eigenvalue weighted by atomic mass is 9.94. The topological polar surface area (TPSA) is 60.9 Å². The summed E-state index contributed by atoms with van der Waals surface area (Å²) in [6, 6.07) is 14.8. The van der Waals surface area contributed by atoms with Crippen LogP contribution in [0.4, 0.5) is 29.3 Å². The van der Waals surface area contributed by atoms with Crippen LogP contribution in [0.5, 0.6) is 0 Å². The zero-order chi connectivity index (χ0) is 25.5. The smallest absolute Gasteiger partial charge is 0.416 e. The van der Waals surface area contributed by atoms with Crippen molar-refractivity contribution in [2.45, 2.75) is 39.4 Å². The Morgan fingerprint density at radius 2 is 1.60 bits per heavy atom. The van der Waals surface area contributed by atoms with Gasteiger partial charge in [0.15, 0.2) is 0 Å². The van der Waals surface area contributed by atoms with E-state index in [1.807, 2.05) is 20.8 Å². The predicted molar refractivity (Wildman–Crippen MR) is 129 cm³/mol. The van der Waals surface area contributed by atoms with Gasteiger partial charge in [0.2, 0.25) is 0 Å². The summed E-state index contributed by atoms with van der Waals surface area (Å²) < 4.78 is 40.8. The number of rotatable bonds is 3. The number of anilines is 2. The van der Waals surface area contributed by atoms with Gasteiger partial charge in [0.1, 0.15) is 0 Å². The summed E-state index contributed by atoms with van der Waals surface area (Å²) in [5.74, 6) is -0.608. The number of amides is 2. The molecule has 0 aliphatic carbocycles. The van der Waals surface area contributed by atoms with Gasteiger partial charge in [-0.3, -0.25) is 9.69 Å². The van der Waals surface area contributed by atoms with E-state index in [-0.39, 0.29) is 12.1 Å². The van der Waals surface area contributed by atoms with Gasteiger partial charge in [0, 0.05) is 12.1 Å². The van der Waals surface area contributed by atoms with E-state index < -0.39 is 29.8 Å². The maximum Gasteiger partial charge on any atom is 0.416 e. The molecule has 1 aliphatic heterocycles. The third-order valence-corrected chi connectivity index (χ3v) is 6.48. The molecule has 5 nitrogen and oxygen atoms in total. The highest BCUT2D eigenvalue weighted by Crippen LogP contribution is 2.41. The average Bonchev–Trinajstić information content (AvgIpc) is 2.83. The first-order chi connectivity index (χ1) is 16.5. The molecule has 4 rings (SSSR count). The van der Waals surface area contributed by atoms with E-state index in [1.165, 1.54) is 15.9 Å². The molecule has 1 unspecified atom stereocenters. The molecule has 0 radical (unpaired) electrons. The second-order valence-electron chi connectivity index (χ2n) is 8.68. The number of aryl methyl sites for hydroxylation is 2. The van der Waals surface area contributed by atoms with Crippen molar-refractivity contribution >= 4 is 23.4 Å². The fourth-order valence-corrected chi connectivity index (χ4v) is 4.46. The molecule has 2 amide bonds. The lowest BCUT2D eigenvalue weighted by Crippen LogP contribution is -2.52. The summed E-state index contributed by atoms with van der Waals surface area (Å²) in [6.07, 6.45) is -5.34. The van der Waals surface area contributed by atoms with Gasteiger partial charge in [0.25, 0.3) is 5.91 Å². The van der Waals surface area contributed by atoms with Crippen LogP contribution in [0.1, 0.15) is 40.4 Å². The first-order valence-electron chi connectivity index (χ1n) is 11.2. The lowest BCUT2D eigenvalue weighted by molar-refractivity contribution is -0.137. The molecule has 1 N–H and O–H groups in total. The Balaban J connectivity index is 1.92. The summed E-state index contributed by atoms with van der Waals surface area (Å²) in [7, 11) is 0. The van der Waals surface area contributed by atoms with Crippen LogP contribution in [0.3, 0.4) is 0 Å². The Kier molecular flexibility index (Phi) is 6.32. The van der Waals surface area contributed by atoms with Crippen LogP contribution in [-0.2, 0) is 6.18 Å². The number of hydrogen-bond acceptors (Lipinski definition) is 2. The van der Waals surface area contributed by atoms with Gasteiger partial charge in [-0.2, -0.15) is 13.2 Å². The number of fused-ring (bicyclic) bond motifs is 1. The van der Waals surface area contributed by atoms with E-state index in [9.17, 15) is 27.9 Å². The van der Waals surface area contributed by atoms with Gasteiger partial charge < -0.3 is 10.0 Å². The first kappa shape index (κ1) is 24.3. The molecule has 1 aliphatic rings. The minimum Gasteiger partial charge on any atom is -0.465 e. The van der Waals surface area contributed by atoms with Crippen molar-refractivity contribution < 1.29 is 27.9 Å². The highest BCUT2D eigenvalue weighted by atomic mass is 19.4. The summed E-state index contributed by atoms with van der Waals surface area (Å²) in [4.78, 5) is 28.7. The van der Waals surface area contributed by atoms with Crippen molar-refractivity contribution in [1.82, 2.24) is 0 Å². The van der Waals surface area contributed by atoms with Gasteiger partial charge in [0.05, 0.1) is 23.0 Å². The molecule has 3 aromatic rings. The third kappa shape index (κ3) is 4.48. The molecule has 3 aromatic carbocycles. The number of carbonyl (C=O) groups excluding carboxylic acids is 1. The Labute approximate surface area is 201 Å². The van der Waals surface area contributed by atoms with Crippen LogP contribution in [0, 0.1) is 13.8 Å². The van der Waals surface area contributed by atoms with Crippen LogP contribution in [-0.4, -0.2) is 29.7 Å². The van der Waals surface area contributed by atoms with Crippen LogP contribution >= 0.6 is 0 Å². The van der Waals surface area contributed by atoms with Crippen molar-refractivity contribution in [1.29, 1.82) is 0 Å². The number of nitrogens with zero attached hydrogens (tertiary/aromatic N) is 2. The van der Waals surface area contributed by atoms with Crippen LogP contribution in [0.15, 0.2) is 60.7 Å². The van der Waals surface area contributed by atoms with Crippen LogP contribution in [0.25, 0.3) is 11.1 Å². The Morgan fingerprint density at radius 3 is 2.17 bits per heavy atom. The third-order valence-electron chi connectivity index (χ3n) is 6.48. The summed E-state index contributed by atoms with van der Waals surface area (Å²) >= 11 is 0. The maximum atomic E-state index is 14.0. The molecule has 182 valence electrons. The molecule has 0 saturated carbocycles. The lowest BCUT2D eigenvalue weighted by Gasteiger charge is -2.41. The molecule has 0 fully saturated rings. The number of alkyl halides is 3. The van der Waals surface area contributed by atoms with Crippen molar-refractivity contribution in [2.24, 2.45) is 0 Å². The minimum absolute atomic E-state index is 0.0294. The van der Waals surface area contributed by atoms with Gasteiger partial charge in [-0.05, 0) is 66.8 Å². The zero-order valence-corrected chi connectivity index (χ0v) is 19.6. The van der Waals surface area contributed by atoms with Crippen molar-refractivity contribution in [2.75, 3.05) is 16.3 Å². The number of carboxylic acid groups (broad SMARTS) is 1. The number of benzene rings is 3. The second kappa shape index (κ2) is 9.09. The highest BCUT2D eigenvalue weighted by Gasteiger charge is 2.38. The number of halogens is 3. The molecular weight excluding hydrogens is 457 g/mol. The Hall–Kier alpha value is -3.81. The van der Waals surface area contributed by atoms with E-state index in [0.717, 1.165) is 23.3 Å². The standard InChI is InChI=1S/C27H25F3N2O3/c1-4-20-15-31(23-12-16(2)17(3)13-24(23)32(20)26(34)35)25(33)22-14-19(27(28,29)30)10-11-21(22)18-8-6-5-7-9-18/h5-14,20H,4,15H2,1-3H3,(H,34,35). The number of hydrogen-bond donors (Lipinski definition) is 1. The monoisotopic (exact) mass is 482 g/mol. The van der Waals surface area contributed by atoms with Gasteiger partial charge in [-0.15, -0.1) is 0 Å². The number of carbonyl (C=O) groups is 2. The highest BCUT2D eigenvalue weighted by molar-refractivity contribution is 6.13. The molecule has 0 bridgehead atoms. The van der Waals surface area contributed by atoms with E-state index in [0.29, 0.717) is 28.9 Å². The average molecular weight is 483 g/mol. The molecule has 8 heteroatoms. The van der Waals surface area contributed by atoms with Gasteiger partial charge in [-0.25, -0.2) is 4.79 Å². The predicted octanol–water partition coefficient (Wildman–Crippen LogP) is 6.91. The quantitative estimate of drug-likeness (QED) is 0.441. The van der Waals surface area contributed by atoms with E-state index in [2.05, 4.69) is 0 Å². The normalized spacial score (nSPS) is 15.7. The van der Waals surface area contributed by atoms with Crippen LogP contribution in [0.2, 0.25) is 0 Å². The fraction of sp³-hybridized carbons (Fsp3) is 0.259. The van der Waals surface area contributed by atoms with Crippen molar-refractivity contribution in [3.63, 3.8) is 0 Å². The molecule has 1 atom stereocenters. The Morgan fingerprint density at radius 1 is 0.971 bits per heavy atom. The Bertz CT molecular complexity index is 1290. The van der Waals surface area contributed by atoms with E-state index >= 15 is 0 Å². The molecule has 0 saturated heterocycles. The van der Waals surface area contributed by atoms with Crippen LogP contribution < -0.4 is 9.80 Å². The maximum absolute atomic E-state index is 14.0. The second-order valence-corrected chi connectivity index (χ2v) is 8.68. The van der Waals surface area contributed by atoms with Crippen molar-refractivity contribution in [3.8, 4) is 11.1 Å². The SMILES string of the molecule is CCC1CN(C(=O)c2cc(C(F)(F)F)ccc2-c2ccccc2)c2cc(C)c(C)cc2N1C(=O)O. The molecule has 35 heavy (non-hydrogen) atoms. The first-order valence-corrected chi connectivity index (χ1v) is 11.2. The largest absolute Gasteiger partial charge is 0.465 e. The molecule has 0 spiro atoms. The van der Waals surface area contributed by atoms with E-state index in [4.69, 9.17) is 0 Å². The summed E-state index contributed by atoms with van der Waals surface area (Å²) in [5.41, 5.74) is 2.38. The van der Waals surface area contributed by atoms with E-state index in [1.54, 1.807) is 42.5 Å². The molecule has 1 heterocycles. The summed E-state index contributed by atoms with van der Waals surface area (Å²) in [6.45, 7) is 5.53. The molecule has 0 aromatic heterocycles.